The molecule has 1 fully saturated rings. The number of hydrogen-bond donors (Lipinski definition) is 1. The third-order valence-corrected chi connectivity index (χ3v) is 4.25. The van der Waals surface area contributed by atoms with Gasteiger partial charge in [0.15, 0.2) is 0 Å². The Balaban J connectivity index is 2.02. The SMILES string of the molecule is CC1CCC(CN)(OC(C)c2ccccc2)CC1. The van der Waals surface area contributed by atoms with Gasteiger partial charge in [-0.15, -0.1) is 0 Å². The summed E-state index contributed by atoms with van der Waals surface area (Å²) < 4.78 is 6.34. The average molecular weight is 247 g/mol. The number of benzene rings is 1. The van der Waals surface area contributed by atoms with Crippen LogP contribution in [0.3, 0.4) is 0 Å². The minimum absolute atomic E-state index is 0.0955. The van der Waals surface area contributed by atoms with Gasteiger partial charge in [0.2, 0.25) is 0 Å². The van der Waals surface area contributed by atoms with E-state index in [0.29, 0.717) is 6.54 Å². The lowest BCUT2D eigenvalue weighted by molar-refractivity contribution is -0.108. The second-order valence-electron chi connectivity index (χ2n) is 5.74. The standard InChI is InChI=1S/C16H25NO/c1-13-8-10-16(12-17,11-9-13)18-14(2)15-6-4-3-5-7-15/h3-7,13-14H,8-12,17H2,1-2H3. The molecule has 0 aromatic heterocycles. The minimum Gasteiger partial charge on any atom is -0.366 e. The highest BCUT2D eigenvalue weighted by atomic mass is 16.5. The smallest absolute Gasteiger partial charge is 0.0812 e. The van der Waals surface area contributed by atoms with E-state index in [2.05, 4.69) is 38.1 Å². The van der Waals surface area contributed by atoms with Crippen molar-refractivity contribution in [3.05, 3.63) is 35.9 Å². The molecule has 0 bridgehead atoms. The molecule has 0 saturated heterocycles. The van der Waals surface area contributed by atoms with Crippen LogP contribution < -0.4 is 5.73 Å². The van der Waals surface area contributed by atoms with Crippen LogP contribution in [0, 0.1) is 5.92 Å². The molecule has 0 radical (unpaired) electrons. The largest absolute Gasteiger partial charge is 0.366 e. The zero-order valence-corrected chi connectivity index (χ0v) is 11.6. The molecule has 0 spiro atoms. The fraction of sp³-hybridized carbons (Fsp3) is 0.625. The minimum atomic E-state index is -0.0955. The second-order valence-corrected chi connectivity index (χ2v) is 5.74. The van der Waals surface area contributed by atoms with E-state index >= 15 is 0 Å². The van der Waals surface area contributed by atoms with E-state index < -0.39 is 0 Å². The van der Waals surface area contributed by atoms with E-state index in [-0.39, 0.29) is 11.7 Å². The van der Waals surface area contributed by atoms with Crippen LogP contribution in [0.5, 0.6) is 0 Å². The molecule has 2 rings (SSSR count). The molecule has 1 aromatic carbocycles. The zero-order valence-electron chi connectivity index (χ0n) is 11.6. The first-order chi connectivity index (χ1) is 8.65. The van der Waals surface area contributed by atoms with Gasteiger partial charge in [0.25, 0.3) is 0 Å². The molecule has 1 aromatic rings. The molecule has 0 heterocycles. The van der Waals surface area contributed by atoms with Crippen molar-refractivity contribution >= 4 is 0 Å². The summed E-state index contributed by atoms with van der Waals surface area (Å²) in [4.78, 5) is 0. The molecule has 1 saturated carbocycles. The van der Waals surface area contributed by atoms with Crippen LogP contribution in [0.15, 0.2) is 30.3 Å². The predicted octanol–water partition coefficient (Wildman–Crippen LogP) is 3.67. The van der Waals surface area contributed by atoms with Crippen LogP contribution in [-0.4, -0.2) is 12.1 Å². The van der Waals surface area contributed by atoms with E-state index in [9.17, 15) is 0 Å². The van der Waals surface area contributed by atoms with Gasteiger partial charge in [-0.2, -0.15) is 0 Å². The molecular weight excluding hydrogens is 222 g/mol. The lowest BCUT2D eigenvalue weighted by atomic mass is 9.79. The summed E-state index contributed by atoms with van der Waals surface area (Å²) in [6.45, 7) is 5.09. The Morgan fingerprint density at radius 1 is 1.28 bits per heavy atom. The maximum Gasteiger partial charge on any atom is 0.0812 e. The molecule has 1 unspecified atom stereocenters. The number of hydrogen-bond acceptors (Lipinski definition) is 2. The first-order valence-corrected chi connectivity index (χ1v) is 7.08. The highest BCUT2D eigenvalue weighted by Crippen LogP contribution is 2.37. The van der Waals surface area contributed by atoms with Crippen LogP contribution >= 0.6 is 0 Å². The predicted molar refractivity (Wildman–Crippen MR) is 75.4 cm³/mol. The van der Waals surface area contributed by atoms with Gasteiger partial charge in [0.1, 0.15) is 0 Å². The van der Waals surface area contributed by atoms with Gasteiger partial charge in [0.05, 0.1) is 11.7 Å². The third-order valence-electron chi connectivity index (χ3n) is 4.25. The summed E-state index contributed by atoms with van der Waals surface area (Å²) in [5, 5.41) is 0. The van der Waals surface area contributed by atoms with Crippen LogP contribution in [-0.2, 0) is 4.74 Å². The van der Waals surface area contributed by atoms with Crippen LogP contribution in [0.2, 0.25) is 0 Å². The first-order valence-electron chi connectivity index (χ1n) is 7.08. The molecule has 1 aliphatic carbocycles. The fourth-order valence-electron chi connectivity index (χ4n) is 2.83. The van der Waals surface area contributed by atoms with Crippen molar-refractivity contribution in [1.29, 1.82) is 0 Å². The molecule has 2 heteroatoms. The Labute approximate surface area is 111 Å². The van der Waals surface area contributed by atoms with Gasteiger partial charge < -0.3 is 10.5 Å². The summed E-state index contributed by atoms with van der Waals surface area (Å²) in [5.74, 6) is 0.820. The highest BCUT2D eigenvalue weighted by Gasteiger charge is 2.35. The van der Waals surface area contributed by atoms with Crippen LogP contribution in [0.1, 0.15) is 51.2 Å². The molecule has 100 valence electrons. The van der Waals surface area contributed by atoms with Crippen molar-refractivity contribution in [1.82, 2.24) is 0 Å². The van der Waals surface area contributed by atoms with Crippen molar-refractivity contribution in [2.75, 3.05) is 6.54 Å². The monoisotopic (exact) mass is 247 g/mol. The Morgan fingerprint density at radius 3 is 2.44 bits per heavy atom. The van der Waals surface area contributed by atoms with Gasteiger partial charge in [-0.05, 0) is 44.1 Å². The number of ether oxygens (including phenoxy) is 1. The van der Waals surface area contributed by atoms with Gasteiger partial charge in [-0.1, -0.05) is 37.3 Å². The van der Waals surface area contributed by atoms with Crippen LogP contribution in [0.25, 0.3) is 0 Å². The van der Waals surface area contributed by atoms with Gasteiger partial charge in [-0.25, -0.2) is 0 Å². The summed E-state index contributed by atoms with van der Waals surface area (Å²) in [5.41, 5.74) is 7.13. The van der Waals surface area contributed by atoms with Crippen molar-refractivity contribution in [3.8, 4) is 0 Å². The Kier molecular flexibility index (Phi) is 4.41. The summed E-state index contributed by atoms with van der Waals surface area (Å²) >= 11 is 0. The Bertz CT molecular complexity index is 355. The van der Waals surface area contributed by atoms with E-state index in [0.717, 1.165) is 18.8 Å². The average Bonchev–Trinajstić information content (AvgIpc) is 2.43. The Hall–Kier alpha value is -0.860. The van der Waals surface area contributed by atoms with Crippen molar-refractivity contribution in [2.24, 2.45) is 11.7 Å². The maximum atomic E-state index is 6.34. The molecule has 1 aliphatic rings. The molecule has 0 aliphatic heterocycles. The maximum absolute atomic E-state index is 6.34. The van der Waals surface area contributed by atoms with E-state index in [1.807, 2.05) is 6.07 Å². The Morgan fingerprint density at radius 2 is 1.89 bits per heavy atom. The van der Waals surface area contributed by atoms with Gasteiger partial charge in [-0.3, -0.25) is 0 Å². The number of nitrogens with two attached hydrogens (primary N) is 1. The van der Waals surface area contributed by atoms with Gasteiger partial charge >= 0.3 is 0 Å². The normalized spacial score (nSPS) is 30.1. The molecule has 2 N–H and O–H groups in total. The highest BCUT2D eigenvalue weighted by molar-refractivity contribution is 5.17. The van der Waals surface area contributed by atoms with Crippen molar-refractivity contribution < 1.29 is 4.74 Å². The summed E-state index contributed by atoms with van der Waals surface area (Å²) in [7, 11) is 0. The molecule has 1 atom stereocenters. The summed E-state index contributed by atoms with van der Waals surface area (Å²) in [6.07, 6.45) is 4.80. The molecular formula is C16H25NO. The summed E-state index contributed by atoms with van der Waals surface area (Å²) in [6, 6.07) is 10.4. The molecule has 0 amide bonds. The van der Waals surface area contributed by atoms with E-state index in [4.69, 9.17) is 10.5 Å². The van der Waals surface area contributed by atoms with E-state index in [1.54, 1.807) is 0 Å². The van der Waals surface area contributed by atoms with E-state index in [1.165, 1.54) is 18.4 Å². The quantitative estimate of drug-likeness (QED) is 0.881. The zero-order chi connectivity index (χ0) is 13.0. The fourth-order valence-corrected chi connectivity index (χ4v) is 2.83. The van der Waals surface area contributed by atoms with Crippen LogP contribution in [0.4, 0.5) is 0 Å². The van der Waals surface area contributed by atoms with Crippen molar-refractivity contribution in [3.63, 3.8) is 0 Å². The molecule has 18 heavy (non-hydrogen) atoms. The third kappa shape index (κ3) is 3.12. The van der Waals surface area contributed by atoms with Crippen molar-refractivity contribution in [2.45, 2.75) is 51.2 Å². The first kappa shape index (κ1) is 13.6. The molecule has 2 nitrogen and oxygen atoms in total. The second kappa shape index (κ2) is 5.85. The topological polar surface area (TPSA) is 35.2 Å². The number of rotatable bonds is 4. The lowest BCUT2D eigenvalue weighted by Crippen LogP contribution is -2.44. The van der Waals surface area contributed by atoms with Gasteiger partial charge in [0, 0.05) is 6.54 Å². The lowest BCUT2D eigenvalue weighted by Gasteiger charge is -2.40.